The normalized spacial score (nSPS) is 12.8. The molecule has 0 aliphatic heterocycles. The first-order valence-corrected chi connectivity index (χ1v) is 8.38. The molecular weight excluding hydrogens is 300 g/mol. The van der Waals surface area contributed by atoms with E-state index in [0.29, 0.717) is 6.61 Å². The SMILES string of the molecule is CC(C)(C)c1cncc(OC[C@@H](N)CNCCc2ccncc2)c1. The number of pyridine rings is 2. The highest BCUT2D eigenvalue weighted by atomic mass is 16.5. The van der Waals surface area contributed by atoms with Gasteiger partial charge in [0.2, 0.25) is 0 Å². The van der Waals surface area contributed by atoms with Gasteiger partial charge in [0.05, 0.1) is 12.2 Å². The number of rotatable bonds is 8. The second-order valence-electron chi connectivity index (χ2n) is 7.04. The van der Waals surface area contributed by atoms with Gasteiger partial charge in [-0.05, 0) is 47.7 Å². The molecule has 2 aromatic rings. The Bertz CT molecular complexity index is 610. The average Bonchev–Trinajstić information content (AvgIpc) is 2.57. The molecule has 5 nitrogen and oxygen atoms in total. The Labute approximate surface area is 144 Å². The maximum absolute atomic E-state index is 6.11. The Morgan fingerprint density at radius 1 is 1.17 bits per heavy atom. The maximum atomic E-state index is 6.11. The van der Waals surface area contributed by atoms with E-state index in [1.807, 2.05) is 36.8 Å². The Kier molecular flexibility index (Phi) is 6.70. The molecule has 0 bridgehead atoms. The fourth-order valence-corrected chi connectivity index (χ4v) is 2.24. The highest BCUT2D eigenvalue weighted by Gasteiger charge is 2.15. The minimum atomic E-state index is -0.0549. The summed E-state index contributed by atoms with van der Waals surface area (Å²) in [5.74, 6) is 0.773. The molecule has 2 rings (SSSR count). The summed E-state index contributed by atoms with van der Waals surface area (Å²) in [6, 6.07) is 6.04. The van der Waals surface area contributed by atoms with Crippen molar-refractivity contribution in [2.75, 3.05) is 19.7 Å². The highest BCUT2D eigenvalue weighted by Crippen LogP contribution is 2.24. The van der Waals surface area contributed by atoms with Crippen LogP contribution in [-0.2, 0) is 11.8 Å². The van der Waals surface area contributed by atoms with Crippen LogP contribution in [0.2, 0.25) is 0 Å². The van der Waals surface area contributed by atoms with Crippen LogP contribution in [0.15, 0.2) is 43.0 Å². The number of nitrogens with zero attached hydrogens (tertiary/aromatic N) is 2. The van der Waals surface area contributed by atoms with Crippen molar-refractivity contribution in [2.45, 2.75) is 38.6 Å². The summed E-state index contributed by atoms with van der Waals surface area (Å²) in [6.07, 6.45) is 8.21. The Balaban J connectivity index is 1.69. The second kappa shape index (κ2) is 8.76. The minimum absolute atomic E-state index is 0.0549. The number of ether oxygens (including phenoxy) is 1. The van der Waals surface area contributed by atoms with E-state index in [2.05, 4.69) is 36.1 Å². The van der Waals surface area contributed by atoms with E-state index < -0.39 is 0 Å². The number of hydrogen-bond donors (Lipinski definition) is 2. The van der Waals surface area contributed by atoms with Crippen molar-refractivity contribution in [3.05, 3.63) is 54.1 Å². The van der Waals surface area contributed by atoms with Crippen LogP contribution in [0.5, 0.6) is 5.75 Å². The highest BCUT2D eigenvalue weighted by molar-refractivity contribution is 5.28. The second-order valence-corrected chi connectivity index (χ2v) is 7.04. The molecule has 0 unspecified atom stereocenters. The molecule has 3 N–H and O–H groups in total. The molecule has 0 aliphatic rings. The lowest BCUT2D eigenvalue weighted by Gasteiger charge is -2.20. The van der Waals surface area contributed by atoms with E-state index in [-0.39, 0.29) is 11.5 Å². The van der Waals surface area contributed by atoms with E-state index in [1.54, 1.807) is 6.20 Å². The first kappa shape index (κ1) is 18.4. The van der Waals surface area contributed by atoms with Crippen molar-refractivity contribution >= 4 is 0 Å². The lowest BCUT2D eigenvalue weighted by atomic mass is 9.88. The summed E-state index contributed by atoms with van der Waals surface area (Å²) in [5.41, 5.74) is 8.59. The Morgan fingerprint density at radius 3 is 2.62 bits per heavy atom. The molecular formula is C19H28N4O. The van der Waals surface area contributed by atoms with Crippen LogP contribution in [-0.4, -0.2) is 35.7 Å². The zero-order valence-corrected chi connectivity index (χ0v) is 14.8. The Hall–Kier alpha value is -1.98. The van der Waals surface area contributed by atoms with Crippen LogP contribution >= 0.6 is 0 Å². The molecule has 0 saturated heterocycles. The third kappa shape index (κ3) is 6.26. The van der Waals surface area contributed by atoms with Crippen molar-refractivity contribution in [2.24, 2.45) is 5.73 Å². The van der Waals surface area contributed by atoms with Gasteiger partial charge >= 0.3 is 0 Å². The largest absolute Gasteiger partial charge is 0.490 e. The maximum Gasteiger partial charge on any atom is 0.137 e. The van der Waals surface area contributed by atoms with Crippen molar-refractivity contribution in [1.29, 1.82) is 0 Å². The first-order chi connectivity index (χ1) is 11.4. The van der Waals surface area contributed by atoms with E-state index in [1.165, 1.54) is 5.56 Å². The summed E-state index contributed by atoms with van der Waals surface area (Å²) in [7, 11) is 0. The van der Waals surface area contributed by atoms with Gasteiger partial charge in [-0.3, -0.25) is 9.97 Å². The van der Waals surface area contributed by atoms with E-state index in [9.17, 15) is 0 Å². The molecule has 24 heavy (non-hydrogen) atoms. The molecule has 0 aliphatic carbocycles. The number of hydrogen-bond acceptors (Lipinski definition) is 5. The fraction of sp³-hybridized carbons (Fsp3) is 0.474. The molecule has 130 valence electrons. The van der Waals surface area contributed by atoms with Gasteiger partial charge in [0.1, 0.15) is 12.4 Å². The van der Waals surface area contributed by atoms with Crippen LogP contribution in [0.4, 0.5) is 0 Å². The van der Waals surface area contributed by atoms with E-state index in [0.717, 1.165) is 30.8 Å². The molecule has 0 amide bonds. The minimum Gasteiger partial charge on any atom is -0.490 e. The zero-order valence-electron chi connectivity index (χ0n) is 14.8. The van der Waals surface area contributed by atoms with Gasteiger partial charge in [0, 0.05) is 25.1 Å². The molecule has 2 heterocycles. The van der Waals surface area contributed by atoms with Crippen LogP contribution in [0, 0.1) is 0 Å². The van der Waals surface area contributed by atoms with Crippen molar-refractivity contribution in [3.8, 4) is 5.75 Å². The van der Waals surface area contributed by atoms with Crippen LogP contribution in [0.25, 0.3) is 0 Å². The van der Waals surface area contributed by atoms with Gasteiger partial charge in [-0.15, -0.1) is 0 Å². The van der Waals surface area contributed by atoms with Gasteiger partial charge in [-0.2, -0.15) is 0 Å². The number of nitrogens with one attached hydrogen (secondary N) is 1. The van der Waals surface area contributed by atoms with Gasteiger partial charge in [0.25, 0.3) is 0 Å². The molecule has 5 heteroatoms. The van der Waals surface area contributed by atoms with E-state index >= 15 is 0 Å². The molecule has 0 aromatic carbocycles. The van der Waals surface area contributed by atoms with Crippen LogP contribution < -0.4 is 15.8 Å². The van der Waals surface area contributed by atoms with Gasteiger partial charge in [0.15, 0.2) is 0 Å². The molecule has 0 radical (unpaired) electrons. The number of nitrogens with two attached hydrogens (primary N) is 1. The summed E-state index contributed by atoms with van der Waals surface area (Å²) < 4.78 is 5.78. The third-order valence-electron chi connectivity index (χ3n) is 3.79. The van der Waals surface area contributed by atoms with E-state index in [4.69, 9.17) is 10.5 Å². The quantitative estimate of drug-likeness (QED) is 0.728. The van der Waals surface area contributed by atoms with Gasteiger partial charge in [-0.1, -0.05) is 20.8 Å². The zero-order chi connectivity index (χ0) is 17.4. The predicted octanol–water partition coefficient (Wildman–Crippen LogP) is 2.31. The van der Waals surface area contributed by atoms with Crippen LogP contribution in [0.1, 0.15) is 31.9 Å². The summed E-state index contributed by atoms with van der Waals surface area (Å²) in [4.78, 5) is 8.27. The summed E-state index contributed by atoms with van der Waals surface area (Å²) >= 11 is 0. The van der Waals surface area contributed by atoms with Crippen molar-refractivity contribution < 1.29 is 4.74 Å². The number of aromatic nitrogens is 2. The fourth-order valence-electron chi connectivity index (χ4n) is 2.24. The predicted molar refractivity (Wildman–Crippen MR) is 97.2 cm³/mol. The third-order valence-corrected chi connectivity index (χ3v) is 3.79. The average molecular weight is 328 g/mol. The molecule has 2 aromatic heterocycles. The summed E-state index contributed by atoms with van der Waals surface area (Å²) in [5, 5.41) is 3.36. The summed E-state index contributed by atoms with van der Waals surface area (Å²) in [6.45, 7) is 8.55. The topological polar surface area (TPSA) is 73.1 Å². The first-order valence-electron chi connectivity index (χ1n) is 8.38. The lowest BCUT2D eigenvalue weighted by molar-refractivity contribution is 0.283. The Morgan fingerprint density at radius 2 is 1.92 bits per heavy atom. The molecule has 0 spiro atoms. The monoisotopic (exact) mass is 328 g/mol. The molecule has 1 atom stereocenters. The van der Waals surface area contributed by atoms with Crippen molar-refractivity contribution in [1.82, 2.24) is 15.3 Å². The molecule has 0 saturated carbocycles. The van der Waals surface area contributed by atoms with Gasteiger partial charge in [-0.25, -0.2) is 0 Å². The standard InChI is InChI=1S/C19H28N4O/c1-19(2,3)16-10-18(13-23-11-16)24-14-17(20)12-22-9-6-15-4-7-21-8-5-15/h4-5,7-8,10-11,13,17,22H,6,9,12,14,20H2,1-3H3/t17-/m0/s1. The van der Waals surface area contributed by atoms with Crippen molar-refractivity contribution in [3.63, 3.8) is 0 Å². The molecule has 0 fully saturated rings. The lowest BCUT2D eigenvalue weighted by Crippen LogP contribution is -2.39. The smallest absolute Gasteiger partial charge is 0.137 e. The van der Waals surface area contributed by atoms with Crippen LogP contribution in [0.3, 0.4) is 0 Å². The van der Waals surface area contributed by atoms with Gasteiger partial charge < -0.3 is 15.8 Å².